The molecule has 104 valence electrons. The Bertz CT molecular complexity index is 440. The molecule has 1 unspecified atom stereocenters. The van der Waals surface area contributed by atoms with E-state index in [9.17, 15) is 5.11 Å². The molecule has 0 aromatic heterocycles. The molecule has 2 bridgehead atoms. The molecule has 3 atom stereocenters. The SMILES string of the molecule is CC1(C)[C@@H]2CCC(O)(CNCc3ccccc3)[C@H]1C2. The maximum atomic E-state index is 10.9. The van der Waals surface area contributed by atoms with Crippen LogP contribution >= 0.6 is 0 Å². The predicted octanol–water partition coefficient (Wildman–Crippen LogP) is 2.96. The summed E-state index contributed by atoms with van der Waals surface area (Å²) in [5, 5.41) is 14.4. The van der Waals surface area contributed by atoms with Gasteiger partial charge in [-0.25, -0.2) is 0 Å². The molecular formula is C17H25NO. The lowest BCUT2D eigenvalue weighted by Gasteiger charge is -2.63. The van der Waals surface area contributed by atoms with E-state index in [0.29, 0.717) is 11.3 Å². The minimum Gasteiger partial charge on any atom is -0.388 e. The minimum absolute atomic E-state index is 0.335. The lowest BCUT2D eigenvalue weighted by atomic mass is 9.44. The molecule has 0 spiro atoms. The van der Waals surface area contributed by atoms with Gasteiger partial charge < -0.3 is 10.4 Å². The lowest BCUT2D eigenvalue weighted by molar-refractivity contribution is -0.199. The van der Waals surface area contributed by atoms with Gasteiger partial charge in [-0.1, -0.05) is 44.2 Å². The van der Waals surface area contributed by atoms with Crippen molar-refractivity contribution in [2.24, 2.45) is 17.3 Å². The van der Waals surface area contributed by atoms with Crippen LogP contribution < -0.4 is 5.32 Å². The summed E-state index contributed by atoms with van der Waals surface area (Å²) in [4.78, 5) is 0. The first-order valence-corrected chi connectivity index (χ1v) is 7.49. The molecule has 0 heterocycles. The second-order valence-corrected chi connectivity index (χ2v) is 7.04. The Balaban J connectivity index is 1.57. The predicted molar refractivity (Wildman–Crippen MR) is 77.7 cm³/mol. The van der Waals surface area contributed by atoms with E-state index in [1.165, 1.54) is 18.4 Å². The van der Waals surface area contributed by atoms with Crippen LogP contribution in [0.5, 0.6) is 0 Å². The van der Waals surface area contributed by atoms with Crippen LogP contribution in [-0.2, 0) is 6.54 Å². The summed E-state index contributed by atoms with van der Waals surface area (Å²) in [6, 6.07) is 10.4. The standard InChI is InChI=1S/C17H25NO/c1-16(2)14-8-9-17(19,15(16)10-14)12-18-11-13-6-4-3-5-7-13/h3-7,14-15,18-19H,8-12H2,1-2H3/t14-,15+,17?/m1/s1. The number of nitrogens with one attached hydrogen (secondary N) is 1. The zero-order valence-electron chi connectivity index (χ0n) is 12.0. The fourth-order valence-corrected chi connectivity index (χ4v) is 4.25. The summed E-state index contributed by atoms with van der Waals surface area (Å²) in [6.07, 6.45) is 3.37. The second kappa shape index (κ2) is 4.60. The molecule has 0 aliphatic heterocycles. The van der Waals surface area contributed by atoms with Crippen molar-refractivity contribution in [3.05, 3.63) is 35.9 Å². The molecule has 0 radical (unpaired) electrons. The van der Waals surface area contributed by atoms with E-state index < -0.39 is 5.60 Å². The summed E-state index contributed by atoms with van der Waals surface area (Å²) in [5.74, 6) is 1.31. The molecule has 3 saturated carbocycles. The van der Waals surface area contributed by atoms with Crippen LogP contribution in [-0.4, -0.2) is 17.3 Å². The van der Waals surface area contributed by atoms with Gasteiger partial charge in [-0.3, -0.25) is 0 Å². The third kappa shape index (κ3) is 2.21. The topological polar surface area (TPSA) is 32.3 Å². The highest BCUT2D eigenvalue weighted by atomic mass is 16.3. The molecule has 3 aliphatic rings. The summed E-state index contributed by atoms with van der Waals surface area (Å²) in [6.45, 7) is 6.22. The van der Waals surface area contributed by atoms with Crippen molar-refractivity contribution in [3.8, 4) is 0 Å². The fourth-order valence-electron chi connectivity index (χ4n) is 4.25. The van der Waals surface area contributed by atoms with Crippen molar-refractivity contribution < 1.29 is 5.11 Å². The van der Waals surface area contributed by atoms with Crippen LogP contribution in [0, 0.1) is 17.3 Å². The van der Waals surface area contributed by atoms with Crippen LogP contribution in [0.1, 0.15) is 38.7 Å². The first-order valence-electron chi connectivity index (χ1n) is 7.49. The molecule has 1 aromatic rings. The molecule has 1 aromatic carbocycles. The highest BCUT2D eigenvalue weighted by Crippen LogP contribution is 2.62. The molecule has 4 rings (SSSR count). The van der Waals surface area contributed by atoms with Crippen LogP contribution in [0.25, 0.3) is 0 Å². The monoisotopic (exact) mass is 259 g/mol. The second-order valence-electron chi connectivity index (χ2n) is 7.04. The van der Waals surface area contributed by atoms with Gasteiger partial charge in [-0.2, -0.15) is 0 Å². The number of hydrogen-bond acceptors (Lipinski definition) is 2. The van der Waals surface area contributed by atoms with Crippen LogP contribution in [0.2, 0.25) is 0 Å². The highest BCUT2D eigenvalue weighted by molar-refractivity contribution is 5.15. The summed E-state index contributed by atoms with van der Waals surface area (Å²) in [7, 11) is 0. The number of aliphatic hydroxyl groups is 1. The molecule has 19 heavy (non-hydrogen) atoms. The van der Waals surface area contributed by atoms with Gasteiger partial charge in [-0.05, 0) is 42.1 Å². The smallest absolute Gasteiger partial charge is 0.0805 e. The van der Waals surface area contributed by atoms with Gasteiger partial charge in [0.05, 0.1) is 5.60 Å². The largest absolute Gasteiger partial charge is 0.388 e. The van der Waals surface area contributed by atoms with E-state index >= 15 is 0 Å². The summed E-state index contributed by atoms with van der Waals surface area (Å²) >= 11 is 0. The minimum atomic E-state index is -0.493. The van der Waals surface area contributed by atoms with Gasteiger partial charge in [0.2, 0.25) is 0 Å². The van der Waals surface area contributed by atoms with Crippen LogP contribution in [0.15, 0.2) is 30.3 Å². The fraction of sp³-hybridized carbons (Fsp3) is 0.647. The molecule has 2 heteroatoms. The zero-order valence-corrected chi connectivity index (χ0v) is 12.0. The Morgan fingerprint density at radius 3 is 2.63 bits per heavy atom. The number of rotatable bonds is 4. The van der Waals surface area contributed by atoms with Crippen molar-refractivity contribution in [1.29, 1.82) is 0 Å². The molecule has 3 fully saturated rings. The normalized spacial score (nSPS) is 35.7. The molecule has 2 N–H and O–H groups in total. The van der Waals surface area contributed by atoms with Gasteiger partial charge in [-0.15, -0.1) is 0 Å². The molecule has 0 amide bonds. The average Bonchev–Trinajstić information content (AvgIpc) is 2.39. The Labute approximate surface area is 116 Å². The molecular weight excluding hydrogens is 234 g/mol. The number of fused-ring (bicyclic) bond motifs is 2. The Kier molecular flexibility index (Phi) is 3.18. The van der Waals surface area contributed by atoms with Crippen molar-refractivity contribution >= 4 is 0 Å². The van der Waals surface area contributed by atoms with E-state index in [2.05, 4.69) is 43.4 Å². The van der Waals surface area contributed by atoms with E-state index in [0.717, 1.165) is 25.4 Å². The van der Waals surface area contributed by atoms with Gasteiger partial charge in [0.15, 0.2) is 0 Å². The Hall–Kier alpha value is -0.860. The average molecular weight is 259 g/mol. The number of benzene rings is 1. The van der Waals surface area contributed by atoms with Crippen molar-refractivity contribution in [1.82, 2.24) is 5.32 Å². The number of hydrogen-bond donors (Lipinski definition) is 2. The summed E-state index contributed by atoms with van der Waals surface area (Å²) in [5.41, 5.74) is 1.13. The first-order chi connectivity index (χ1) is 9.02. The van der Waals surface area contributed by atoms with E-state index in [4.69, 9.17) is 0 Å². The van der Waals surface area contributed by atoms with Gasteiger partial charge >= 0.3 is 0 Å². The third-order valence-corrected chi connectivity index (χ3v) is 5.65. The maximum Gasteiger partial charge on any atom is 0.0805 e. The van der Waals surface area contributed by atoms with Crippen LogP contribution in [0.4, 0.5) is 0 Å². The van der Waals surface area contributed by atoms with E-state index in [1.807, 2.05) is 6.07 Å². The maximum absolute atomic E-state index is 10.9. The van der Waals surface area contributed by atoms with Gasteiger partial charge in [0.1, 0.15) is 0 Å². The first kappa shape index (κ1) is 13.1. The van der Waals surface area contributed by atoms with E-state index in [-0.39, 0.29) is 0 Å². The Morgan fingerprint density at radius 2 is 2.00 bits per heavy atom. The van der Waals surface area contributed by atoms with Crippen molar-refractivity contribution in [2.75, 3.05) is 6.54 Å². The quantitative estimate of drug-likeness (QED) is 0.871. The van der Waals surface area contributed by atoms with Gasteiger partial charge in [0, 0.05) is 13.1 Å². The lowest BCUT2D eigenvalue weighted by Crippen LogP contribution is -2.64. The van der Waals surface area contributed by atoms with Crippen LogP contribution in [0.3, 0.4) is 0 Å². The molecule has 2 nitrogen and oxygen atoms in total. The molecule has 0 saturated heterocycles. The zero-order chi connectivity index (χ0) is 13.5. The van der Waals surface area contributed by atoms with Crippen molar-refractivity contribution in [3.63, 3.8) is 0 Å². The summed E-state index contributed by atoms with van der Waals surface area (Å²) < 4.78 is 0. The highest BCUT2D eigenvalue weighted by Gasteiger charge is 2.60. The van der Waals surface area contributed by atoms with E-state index in [1.54, 1.807) is 0 Å². The van der Waals surface area contributed by atoms with Crippen molar-refractivity contribution in [2.45, 2.75) is 45.3 Å². The molecule has 3 aliphatic carbocycles. The van der Waals surface area contributed by atoms with Gasteiger partial charge in [0.25, 0.3) is 0 Å². The third-order valence-electron chi connectivity index (χ3n) is 5.65. The Morgan fingerprint density at radius 1 is 1.26 bits per heavy atom.